The first-order valence-electron chi connectivity index (χ1n) is 7.74. The number of hydrogen-bond acceptors (Lipinski definition) is 3. The van der Waals surface area contributed by atoms with Crippen molar-refractivity contribution in [2.75, 3.05) is 20.2 Å². The molecule has 1 N–H and O–H groups in total. The highest BCUT2D eigenvalue weighted by molar-refractivity contribution is 5.82. The molecule has 2 fully saturated rings. The SMILES string of the molecule is COc1ccc(C(O)C(=O)N2CCC3(CCCC3)C2)cc1. The summed E-state index contributed by atoms with van der Waals surface area (Å²) in [6, 6.07) is 7.05. The number of methoxy groups -OCH3 is 1. The maximum absolute atomic E-state index is 12.5. The van der Waals surface area contributed by atoms with Crippen LogP contribution in [0.4, 0.5) is 0 Å². The lowest BCUT2D eigenvalue weighted by atomic mass is 9.86. The Hall–Kier alpha value is -1.55. The molecule has 0 radical (unpaired) electrons. The molecule has 1 aromatic carbocycles. The smallest absolute Gasteiger partial charge is 0.256 e. The van der Waals surface area contributed by atoms with Gasteiger partial charge < -0.3 is 14.7 Å². The molecule has 0 bridgehead atoms. The summed E-state index contributed by atoms with van der Waals surface area (Å²) in [4.78, 5) is 14.3. The van der Waals surface area contributed by atoms with Gasteiger partial charge in [-0.1, -0.05) is 25.0 Å². The molecule has 1 unspecified atom stereocenters. The highest BCUT2D eigenvalue weighted by Crippen LogP contribution is 2.45. The number of nitrogens with zero attached hydrogens (tertiary/aromatic N) is 1. The minimum Gasteiger partial charge on any atom is -0.497 e. The third-order valence-corrected chi connectivity index (χ3v) is 5.08. The molecule has 1 aliphatic carbocycles. The summed E-state index contributed by atoms with van der Waals surface area (Å²) >= 11 is 0. The highest BCUT2D eigenvalue weighted by Gasteiger charge is 2.42. The van der Waals surface area contributed by atoms with Crippen molar-refractivity contribution in [2.45, 2.75) is 38.2 Å². The summed E-state index contributed by atoms with van der Waals surface area (Å²) in [7, 11) is 1.60. The van der Waals surface area contributed by atoms with Gasteiger partial charge in [-0.25, -0.2) is 0 Å². The molecule has 1 atom stereocenters. The van der Waals surface area contributed by atoms with E-state index in [4.69, 9.17) is 4.74 Å². The number of amides is 1. The molecule has 3 rings (SSSR count). The van der Waals surface area contributed by atoms with Crippen LogP contribution < -0.4 is 4.74 Å². The molecule has 1 heterocycles. The molecule has 1 aromatic rings. The van der Waals surface area contributed by atoms with E-state index >= 15 is 0 Å². The molecular weight excluding hydrogens is 266 g/mol. The zero-order chi connectivity index (χ0) is 14.9. The van der Waals surface area contributed by atoms with Gasteiger partial charge in [0.15, 0.2) is 6.10 Å². The Kier molecular flexibility index (Phi) is 3.89. The molecule has 114 valence electrons. The lowest BCUT2D eigenvalue weighted by Crippen LogP contribution is -2.35. The standard InChI is InChI=1S/C17H23NO3/c1-21-14-6-4-13(5-7-14)15(19)16(20)18-11-10-17(12-18)8-2-3-9-17/h4-7,15,19H,2-3,8-12H2,1H3. The maximum Gasteiger partial charge on any atom is 0.256 e. The van der Waals surface area contributed by atoms with Crippen LogP contribution in [0.3, 0.4) is 0 Å². The molecule has 21 heavy (non-hydrogen) atoms. The average molecular weight is 289 g/mol. The Morgan fingerprint density at radius 3 is 2.52 bits per heavy atom. The van der Waals surface area contributed by atoms with Crippen molar-refractivity contribution in [2.24, 2.45) is 5.41 Å². The van der Waals surface area contributed by atoms with Gasteiger partial charge in [0.1, 0.15) is 5.75 Å². The molecule has 2 aliphatic rings. The van der Waals surface area contributed by atoms with E-state index in [2.05, 4.69) is 0 Å². The van der Waals surface area contributed by atoms with E-state index < -0.39 is 6.10 Å². The van der Waals surface area contributed by atoms with Crippen molar-refractivity contribution in [3.63, 3.8) is 0 Å². The number of carbonyl (C=O) groups excluding carboxylic acids is 1. The Morgan fingerprint density at radius 1 is 1.24 bits per heavy atom. The summed E-state index contributed by atoms with van der Waals surface area (Å²) < 4.78 is 5.10. The first-order chi connectivity index (χ1) is 10.1. The normalized spacial score (nSPS) is 21.7. The summed E-state index contributed by atoms with van der Waals surface area (Å²) in [6.45, 7) is 1.60. The quantitative estimate of drug-likeness (QED) is 0.930. The molecular formula is C17H23NO3. The number of hydrogen-bond donors (Lipinski definition) is 1. The van der Waals surface area contributed by atoms with Crippen LogP contribution >= 0.6 is 0 Å². The second-order valence-corrected chi connectivity index (χ2v) is 6.39. The summed E-state index contributed by atoms with van der Waals surface area (Å²) in [5.41, 5.74) is 0.975. The van der Waals surface area contributed by atoms with Gasteiger partial charge in [-0.3, -0.25) is 4.79 Å². The fourth-order valence-electron chi connectivity index (χ4n) is 3.76. The number of benzene rings is 1. The number of aliphatic hydroxyl groups is 1. The first-order valence-corrected chi connectivity index (χ1v) is 7.74. The Morgan fingerprint density at radius 2 is 1.90 bits per heavy atom. The monoisotopic (exact) mass is 289 g/mol. The molecule has 1 spiro atoms. The van der Waals surface area contributed by atoms with E-state index in [0.29, 0.717) is 11.0 Å². The van der Waals surface area contributed by atoms with Crippen LogP contribution in [0.15, 0.2) is 24.3 Å². The maximum atomic E-state index is 12.5. The van der Waals surface area contributed by atoms with Gasteiger partial charge >= 0.3 is 0 Å². The predicted octanol–water partition coefficient (Wildman–Crippen LogP) is 2.52. The minimum atomic E-state index is -1.06. The molecule has 0 aromatic heterocycles. The Balaban J connectivity index is 1.67. The van der Waals surface area contributed by atoms with Gasteiger partial charge in [-0.05, 0) is 42.4 Å². The number of carbonyl (C=O) groups is 1. The Bertz CT molecular complexity index is 505. The number of likely N-dealkylation sites (tertiary alicyclic amines) is 1. The van der Waals surface area contributed by atoms with Gasteiger partial charge in [-0.2, -0.15) is 0 Å². The highest BCUT2D eigenvalue weighted by atomic mass is 16.5. The molecule has 4 heteroatoms. The van der Waals surface area contributed by atoms with Crippen LogP contribution in [-0.4, -0.2) is 36.1 Å². The van der Waals surface area contributed by atoms with Crippen molar-refractivity contribution >= 4 is 5.91 Å². The fraction of sp³-hybridized carbons (Fsp3) is 0.588. The number of rotatable bonds is 3. The van der Waals surface area contributed by atoms with Crippen molar-refractivity contribution in [1.82, 2.24) is 4.90 Å². The van der Waals surface area contributed by atoms with Crippen LogP contribution in [0.25, 0.3) is 0 Å². The molecule has 1 amide bonds. The van der Waals surface area contributed by atoms with Gasteiger partial charge in [0.25, 0.3) is 5.91 Å². The lowest BCUT2D eigenvalue weighted by Gasteiger charge is -2.25. The second-order valence-electron chi connectivity index (χ2n) is 6.39. The topological polar surface area (TPSA) is 49.8 Å². The molecule has 1 aliphatic heterocycles. The minimum absolute atomic E-state index is 0.163. The zero-order valence-electron chi connectivity index (χ0n) is 12.5. The van der Waals surface area contributed by atoms with Gasteiger partial charge in [0.2, 0.25) is 0 Å². The zero-order valence-corrected chi connectivity index (χ0v) is 12.5. The lowest BCUT2D eigenvalue weighted by molar-refractivity contribution is -0.139. The number of aliphatic hydroxyl groups excluding tert-OH is 1. The third kappa shape index (κ3) is 2.77. The molecule has 1 saturated carbocycles. The number of ether oxygens (including phenoxy) is 1. The largest absolute Gasteiger partial charge is 0.497 e. The van der Waals surface area contributed by atoms with Crippen LogP contribution in [-0.2, 0) is 4.79 Å². The van der Waals surface area contributed by atoms with E-state index in [1.165, 1.54) is 25.7 Å². The van der Waals surface area contributed by atoms with Gasteiger partial charge in [0.05, 0.1) is 7.11 Å². The van der Waals surface area contributed by atoms with Crippen LogP contribution in [0, 0.1) is 5.41 Å². The van der Waals surface area contributed by atoms with Crippen molar-refractivity contribution in [3.05, 3.63) is 29.8 Å². The van der Waals surface area contributed by atoms with E-state index in [-0.39, 0.29) is 5.91 Å². The Labute approximate surface area is 125 Å². The van der Waals surface area contributed by atoms with Crippen LogP contribution in [0.5, 0.6) is 5.75 Å². The van der Waals surface area contributed by atoms with E-state index in [1.807, 2.05) is 4.90 Å². The van der Waals surface area contributed by atoms with Gasteiger partial charge in [-0.15, -0.1) is 0 Å². The molecule has 1 saturated heterocycles. The predicted molar refractivity (Wildman–Crippen MR) is 80.1 cm³/mol. The summed E-state index contributed by atoms with van der Waals surface area (Å²) in [5, 5.41) is 10.3. The van der Waals surface area contributed by atoms with Gasteiger partial charge in [0, 0.05) is 13.1 Å². The van der Waals surface area contributed by atoms with E-state index in [9.17, 15) is 9.90 Å². The van der Waals surface area contributed by atoms with Crippen molar-refractivity contribution < 1.29 is 14.6 Å². The fourth-order valence-corrected chi connectivity index (χ4v) is 3.76. The third-order valence-electron chi connectivity index (χ3n) is 5.08. The second kappa shape index (κ2) is 5.68. The first kappa shape index (κ1) is 14.4. The summed E-state index contributed by atoms with van der Waals surface area (Å²) in [6.07, 6.45) is 5.05. The average Bonchev–Trinajstić information content (AvgIpc) is 3.16. The van der Waals surface area contributed by atoms with Crippen LogP contribution in [0.1, 0.15) is 43.8 Å². The van der Waals surface area contributed by atoms with Crippen molar-refractivity contribution in [3.8, 4) is 5.75 Å². The van der Waals surface area contributed by atoms with Crippen LogP contribution in [0.2, 0.25) is 0 Å². The molecule has 4 nitrogen and oxygen atoms in total. The van der Waals surface area contributed by atoms with Crippen molar-refractivity contribution in [1.29, 1.82) is 0 Å². The van der Waals surface area contributed by atoms with E-state index in [1.54, 1.807) is 31.4 Å². The van der Waals surface area contributed by atoms with E-state index in [0.717, 1.165) is 25.3 Å². The summed E-state index contributed by atoms with van der Waals surface area (Å²) in [5.74, 6) is 0.563.